The van der Waals surface area contributed by atoms with Crippen molar-refractivity contribution < 1.29 is 4.74 Å². The Morgan fingerprint density at radius 1 is 1.05 bits per heavy atom. The van der Waals surface area contributed by atoms with Crippen LogP contribution in [0.2, 0.25) is 0 Å². The lowest BCUT2D eigenvalue weighted by atomic mass is 9.89. The highest BCUT2D eigenvalue weighted by atomic mass is 16.5. The van der Waals surface area contributed by atoms with Gasteiger partial charge in [0, 0.05) is 25.3 Å². The lowest BCUT2D eigenvalue weighted by molar-refractivity contribution is 0.0534. The summed E-state index contributed by atoms with van der Waals surface area (Å²) in [6, 6.07) is 11.8. The third kappa shape index (κ3) is 4.05. The number of ether oxygens (including phenoxy) is 1. The van der Waals surface area contributed by atoms with E-state index < -0.39 is 0 Å². The zero-order chi connectivity index (χ0) is 13.7. The highest BCUT2D eigenvalue weighted by molar-refractivity contribution is 5.19. The molecule has 2 rings (SSSR count). The Bertz CT molecular complexity index is 357. The van der Waals surface area contributed by atoms with E-state index in [9.17, 15) is 0 Å². The molecule has 106 valence electrons. The minimum absolute atomic E-state index is 0.444. The number of nitrogens with one attached hydrogen (secondary N) is 1. The van der Waals surface area contributed by atoms with Crippen molar-refractivity contribution in [2.75, 3.05) is 13.2 Å². The predicted octanol–water partition coefficient (Wildman–Crippen LogP) is 3.79. The zero-order valence-corrected chi connectivity index (χ0v) is 12.4. The molecule has 1 aromatic carbocycles. The molecular formula is C17H27NO. The molecule has 2 heteroatoms. The summed E-state index contributed by atoms with van der Waals surface area (Å²) in [7, 11) is 0. The van der Waals surface area contributed by atoms with E-state index in [1.165, 1.54) is 18.4 Å². The molecule has 0 saturated carbocycles. The Morgan fingerprint density at radius 3 is 2.26 bits per heavy atom. The first-order valence-corrected chi connectivity index (χ1v) is 7.57. The van der Waals surface area contributed by atoms with Crippen molar-refractivity contribution in [1.29, 1.82) is 0 Å². The van der Waals surface area contributed by atoms with Crippen molar-refractivity contribution in [2.45, 2.75) is 45.7 Å². The molecule has 0 radical (unpaired) electrons. The number of rotatable bonds is 5. The maximum Gasteiger partial charge on any atom is 0.0469 e. The number of hydrogen-bond acceptors (Lipinski definition) is 2. The Labute approximate surface area is 117 Å². The molecule has 1 aliphatic heterocycles. The van der Waals surface area contributed by atoms with E-state index in [-0.39, 0.29) is 0 Å². The summed E-state index contributed by atoms with van der Waals surface area (Å²) >= 11 is 0. The van der Waals surface area contributed by atoms with E-state index in [1.807, 2.05) is 0 Å². The van der Waals surface area contributed by atoms with E-state index in [2.05, 4.69) is 56.4 Å². The lowest BCUT2D eigenvalue weighted by Gasteiger charge is -2.33. The second kappa shape index (κ2) is 7.06. The molecule has 1 heterocycles. The summed E-state index contributed by atoms with van der Waals surface area (Å²) in [6.45, 7) is 8.76. The highest BCUT2D eigenvalue weighted by Crippen LogP contribution is 2.26. The van der Waals surface area contributed by atoms with E-state index >= 15 is 0 Å². The van der Waals surface area contributed by atoms with Crippen LogP contribution < -0.4 is 5.32 Å². The van der Waals surface area contributed by atoms with E-state index in [4.69, 9.17) is 4.74 Å². The van der Waals surface area contributed by atoms with Crippen molar-refractivity contribution in [1.82, 2.24) is 5.32 Å². The van der Waals surface area contributed by atoms with Crippen LogP contribution in [0.5, 0.6) is 0 Å². The van der Waals surface area contributed by atoms with Gasteiger partial charge in [-0.25, -0.2) is 0 Å². The van der Waals surface area contributed by atoms with Gasteiger partial charge in [0.1, 0.15) is 0 Å². The maximum atomic E-state index is 5.46. The van der Waals surface area contributed by atoms with Gasteiger partial charge in [0.2, 0.25) is 0 Å². The molecule has 1 saturated heterocycles. The first-order chi connectivity index (χ1) is 9.18. The zero-order valence-electron chi connectivity index (χ0n) is 12.4. The minimum Gasteiger partial charge on any atom is -0.381 e. The van der Waals surface area contributed by atoms with Gasteiger partial charge < -0.3 is 10.1 Å². The van der Waals surface area contributed by atoms with Crippen LogP contribution in [0.25, 0.3) is 0 Å². The molecule has 2 nitrogen and oxygen atoms in total. The van der Waals surface area contributed by atoms with Gasteiger partial charge in [0.15, 0.2) is 0 Å². The minimum atomic E-state index is 0.444. The Hall–Kier alpha value is -0.860. The fourth-order valence-electron chi connectivity index (χ4n) is 2.97. The fourth-order valence-corrected chi connectivity index (χ4v) is 2.97. The molecule has 2 atom stereocenters. The first-order valence-electron chi connectivity index (χ1n) is 7.57. The number of hydrogen-bond donors (Lipinski definition) is 1. The second-order valence-corrected chi connectivity index (χ2v) is 6.04. The average Bonchev–Trinajstić information content (AvgIpc) is 2.46. The van der Waals surface area contributed by atoms with Crippen LogP contribution >= 0.6 is 0 Å². The van der Waals surface area contributed by atoms with Crippen LogP contribution in [0.15, 0.2) is 30.3 Å². The Balaban J connectivity index is 2.00. The van der Waals surface area contributed by atoms with Gasteiger partial charge in [-0.2, -0.15) is 0 Å². The molecule has 1 N–H and O–H groups in total. The lowest BCUT2D eigenvalue weighted by Crippen LogP contribution is -2.40. The maximum absolute atomic E-state index is 5.46. The van der Waals surface area contributed by atoms with Crippen molar-refractivity contribution >= 4 is 0 Å². The Morgan fingerprint density at radius 2 is 1.68 bits per heavy atom. The third-order valence-electron chi connectivity index (χ3n) is 4.24. The molecule has 0 amide bonds. The molecule has 0 aliphatic carbocycles. The molecular weight excluding hydrogens is 234 g/mol. The average molecular weight is 261 g/mol. The Kier molecular flexibility index (Phi) is 5.41. The van der Waals surface area contributed by atoms with Gasteiger partial charge >= 0.3 is 0 Å². The quantitative estimate of drug-likeness (QED) is 0.870. The first kappa shape index (κ1) is 14.5. The smallest absolute Gasteiger partial charge is 0.0469 e. The largest absolute Gasteiger partial charge is 0.381 e. The van der Waals surface area contributed by atoms with E-state index in [1.54, 1.807) is 0 Å². The summed E-state index contributed by atoms with van der Waals surface area (Å²) in [5.74, 6) is 1.35. The van der Waals surface area contributed by atoms with Gasteiger partial charge in [0.25, 0.3) is 0 Å². The topological polar surface area (TPSA) is 21.3 Å². The predicted molar refractivity (Wildman–Crippen MR) is 80.2 cm³/mol. The molecule has 0 aromatic heterocycles. The van der Waals surface area contributed by atoms with Crippen molar-refractivity contribution in [3.63, 3.8) is 0 Å². The van der Waals surface area contributed by atoms with E-state index in [0.717, 1.165) is 19.1 Å². The summed E-state index contributed by atoms with van der Waals surface area (Å²) in [6.07, 6.45) is 2.38. The van der Waals surface area contributed by atoms with Gasteiger partial charge in [-0.1, -0.05) is 44.2 Å². The van der Waals surface area contributed by atoms with Crippen LogP contribution in [0.3, 0.4) is 0 Å². The van der Waals surface area contributed by atoms with Crippen LogP contribution in [-0.2, 0) is 4.74 Å². The molecule has 0 bridgehead atoms. The monoisotopic (exact) mass is 261 g/mol. The SMILES string of the molecule is CC(C)C(NC(C)C1CCOCC1)c1ccccc1. The molecule has 2 unspecified atom stereocenters. The number of benzene rings is 1. The van der Waals surface area contributed by atoms with Crippen LogP contribution in [-0.4, -0.2) is 19.3 Å². The second-order valence-electron chi connectivity index (χ2n) is 6.04. The van der Waals surface area contributed by atoms with Crippen LogP contribution in [0.1, 0.15) is 45.2 Å². The van der Waals surface area contributed by atoms with Crippen molar-refractivity contribution in [3.05, 3.63) is 35.9 Å². The summed E-state index contributed by atoms with van der Waals surface area (Å²) < 4.78 is 5.46. The summed E-state index contributed by atoms with van der Waals surface area (Å²) in [5, 5.41) is 3.85. The van der Waals surface area contributed by atoms with Gasteiger partial charge in [-0.15, -0.1) is 0 Å². The molecule has 19 heavy (non-hydrogen) atoms. The van der Waals surface area contributed by atoms with Gasteiger partial charge in [-0.05, 0) is 37.2 Å². The van der Waals surface area contributed by atoms with Crippen molar-refractivity contribution in [3.8, 4) is 0 Å². The third-order valence-corrected chi connectivity index (χ3v) is 4.24. The van der Waals surface area contributed by atoms with E-state index in [0.29, 0.717) is 18.0 Å². The van der Waals surface area contributed by atoms with Crippen LogP contribution in [0.4, 0.5) is 0 Å². The van der Waals surface area contributed by atoms with Crippen LogP contribution in [0, 0.1) is 11.8 Å². The summed E-state index contributed by atoms with van der Waals surface area (Å²) in [4.78, 5) is 0. The molecule has 0 spiro atoms. The molecule has 1 aromatic rings. The highest BCUT2D eigenvalue weighted by Gasteiger charge is 2.24. The normalized spacial score (nSPS) is 20.4. The molecule has 1 aliphatic rings. The van der Waals surface area contributed by atoms with Gasteiger partial charge in [-0.3, -0.25) is 0 Å². The standard InChI is InChI=1S/C17H27NO/c1-13(2)17(16-7-5-4-6-8-16)18-14(3)15-9-11-19-12-10-15/h4-8,13-15,17-18H,9-12H2,1-3H3. The fraction of sp³-hybridized carbons (Fsp3) is 0.647. The summed E-state index contributed by atoms with van der Waals surface area (Å²) in [5.41, 5.74) is 1.40. The van der Waals surface area contributed by atoms with Gasteiger partial charge in [0.05, 0.1) is 0 Å². The molecule has 1 fully saturated rings. The van der Waals surface area contributed by atoms with Crippen molar-refractivity contribution in [2.24, 2.45) is 11.8 Å².